The molecule has 2 aromatic rings. The van der Waals surface area contributed by atoms with Crippen molar-refractivity contribution < 1.29 is 0 Å². The van der Waals surface area contributed by atoms with Crippen LogP contribution in [0, 0.1) is 17.2 Å². The van der Waals surface area contributed by atoms with Gasteiger partial charge in [0.05, 0.1) is 12.0 Å². The minimum atomic E-state index is 0.169. The first kappa shape index (κ1) is 13.9. The first-order valence-electron chi connectivity index (χ1n) is 7.56. The topological polar surface area (TPSA) is 27.0 Å². The lowest BCUT2D eigenvalue weighted by Gasteiger charge is -2.24. The van der Waals surface area contributed by atoms with Gasteiger partial charge in [0.15, 0.2) is 0 Å². The molecule has 1 saturated heterocycles. The van der Waals surface area contributed by atoms with E-state index in [4.69, 9.17) is 0 Å². The molecule has 1 aliphatic rings. The van der Waals surface area contributed by atoms with Crippen molar-refractivity contribution in [1.82, 2.24) is 4.90 Å². The SMILES string of the molecule is N#C[C@H]1C[C@H](Cc2ccccc2)N(Cc2ccccc2)C1. The first-order chi connectivity index (χ1) is 10.3. The van der Waals surface area contributed by atoms with E-state index in [0.717, 1.165) is 25.9 Å². The van der Waals surface area contributed by atoms with E-state index in [0.29, 0.717) is 6.04 Å². The van der Waals surface area contributed by atoms with Crippen molar-refractivity contribution in [3.05, 3.63) is 71.8 Å². The maximum atomic E-state index is 9.26. The number of benzene rings is 2. The summed E-state index contributed by atoms with van der Waals surface area (Å²) in [5.74, 6) is 0.169. The van der Waals surface area contributed by atoms with Crippen molar-refractivity contribution in [2.24, 2.45) is 5.92 Å². The van der Waals surface area contributed by atoms with Gasteiger partial charge >= 0.3 is 0 Å². The highest BCUT2D eigenvalue weighted by molar-refractivity contribution is 5.18. The van der Waals surface area contributed by atoms with E-state index in [-0.39, 0.29) is 5.92 Å². The third-order valence-corrected chi connectivity index (χ3v) is 4.25. The summed E-state index contributed by atoms with van der Waals surface area (Å²) < 4.78 is 0. The molecule has 0 saturated carbocycles. The van der Waals surface area contributed by atoms with Crippen molar-refractivity contribution >= 4 is 0 Å². The number of likely N-dealkylation sites (tertiary alicyclic amines) is 1. The molecule has 0 radical (unpaired) electrons. The molecule has 21 heavy (non-hydrogen) atoms. The van der Waals surface area contributed by atoms with Crippen molar-refractivity contribution in [3.8, 4) is 6.07 Å². The molecule has 2 heteroatoms. The predicted octanol–water partition coefficient (Wildman–Crippen LogP) is 3.64. The van der Waals surface area contributed by atoms with Gasteiger partial charge in [-0.15, -0.1) is 0 Å². The van der Waals surface area contributed by atoms with Crippen LogP contribution in [0.5, 0.6) is 0 Å². The fraction of sp³-hybridized carbons (Fsp3) is 0.316. The van der Waals surface area contributed by atoms with E-state index >= 15 is 0 Å². The number of hydrogen-bond acceptors (Lipinski definition) is 2. The van der Waals surface area contributed by atoms with Crippen molar-refractivity contribution in [2.45, 2.75) is 25.4 Å². The average Bonchev–Trinajstić information content (AvgIpc) is 2.91. The van der Waals surface area contributed by atoms with Crippen LogP contribution in [0.1, 0.15) is 17.5 Å². The second-order valence-electron chi connectivity index (χ2n) is 5.82. The summed E-state index contributed by atoms with van der Waals surface area (Å²) in [5, 5.41) is 9.26. The molecular weight excluding hydrogens is 256 g/mol. The normalized spacial score (nSPS) is 22.0. The minimum Gasteiger partial charge on any atom is -0.294 e. The fourth-order valence-corrected chi connectivity index (χ4v) is 3.19. The highest BCUT2D eigenvalue weighted by Crippen LogP contribution is 2.27. The molecule has 106 valence electrons. The van der Waals surface area contributed by atoms with Crippen LogP contribution in [-0.4, -0.2) is 17.5 Å². The Morgan fingerprint density at radius 1 is 0.952 bits per heavy atom. The number of rotatable bonds is 4. The van der Waals surface area contributed by atoms with Crippen LogP contribution in [0.3, 0.4) is 0 Å². The summed E-state index contributed by atoms with van der Waals surface area (Å²) in [6.07, 6.45) is 2.02. The van der Waals surface area contributed by atoms with Crippen molar-refractivity contribution in [1.29, 1.82) is 5.26 Å². The maximum Gasteiger partial charge on any atom is 0.0669 e. The monoisotopic (exact) mass is 276 g/mol. The third kappa shape index (κ3) is 3.51. The second kappa shape index (κ2) is 6.56. The molecule has 1 aliphatic heterocycles. The quantitative estimate of drug-likeness (QED) is 0.852. The van der Waals surface area contributed by atoms with Crippen LogP contribution in [0.25, 0.3) is 0 Å². The van der Waals surface area contributed by atoms with Gasteiger partial charge in [-0.1, -0.05) is 60.7 Å². The Morgan fingerprint density at radius 2 is 1.57 bits per heavy atom. The smallest absolute Gasteiger partial charge is 0.0669 e. The highest BCUT2D eigenvalue weighted by atomic mass is 15.2. The van der Waals surface area contributed by atoms with Gasteiger partial charge in [0.1, 0.15) is 0 Å². The Hall–Kier alpha value is -2.11. The predicted molar refractivity (Wildman–Crippen MR) is 84.5 cm³/mol. The zero-order chi connectivity index (χ0) is 14.5. The van der Waals surface area contributed by atoms with Crippen LogP contribution < -0.4 is 0 Å². The molecule has 2 atom stereocenters. The summed E-state index contributed by atoms with van der Waals surface area (Å²) in [6, 6.07) is 24.1. The van der Waals surface area contributed by atoms with Gasteiger partial charge in [-0.25, -0.2) is 0 Å². The lowest BCUT2D eigenvalue weighted by molar-refractivity contribution is 0.242. The molecule has 2 nitrogen and oxygen atoms in total. The molecular formula is C19H20N2. The molecule has 0 aliphatic carbocycles. The molecule has 3 rings (SSSR count). The second-order valence-corrected chi connectivity index (χ2v) is 5.82. The van der Waals surface area contributed by atoms with Gasteiger partial charge in [-0.05, 0) is 24.0 Å². The molecule has 1 heterocycles. The summed E-state index contributed by atoms with van der Waals surface area (Å²) in [7, 11) is 0. The zero-order valence-electron chi connectivity index (χ0n) is 12.2. The first-order valence-corrected chi connectivity index (χ1v) is 7.56. The van der Waals surface area contributed by atoms with E-state index in [2.05, 4.69) is 65.6 Å². The van der Waals surface area contributed by atoms with Gasteiger partial charge in [-0.3, -0.25) is 4.90 Å². The van der Waals surface area contributed by atoms with Crippen LogP contribution in [-0.2, 0) is 13.0 Å². The fourth-order valence-electron chi connectivity index (χ4n) is 3.19. The largest absolute Gasteiger partial charge is 0.294 e. The summed E-state index contributed by atoms with van der Waals surface area (Å²) >= 11 is 0. The summed E-state index contributed by atoms with van der Waals surface area (Å²) in [4.78, 5) is 2.47. The Kier molecular flexibility index (Phi) is 4.33. The average molecular weight is 276 g/mol. The standard InChI is InChI=1S/C19H20N2/c20-13-18-12-19(11-16-7-3-1-4-8-16)21(15-18)14-17-9-5-2-6-10-17/h1-10,18-19H,11-12,14-15H2/t18-,19+/m1/s1. The molecule has 1 fully saturated rings. The zero-order valence-corrected chi connectivity index (χ0v) is 12.2. The lowest BCUT2D eigenvalue weighted by atomic mass is 10.0. The number of nitrogens with zero attached hydrogens (tertiary/aromatic N) is 2. The summed E-state index contributed by atoms with van der Waals surface area (Å²) in [6.45, 7) is 1.83. The number of hydrogen-bond donors (Lipinski definition) is 0. The van der Waals surface area contributed by atoms with Gasteiger partial charge in [-0.2, -0.15) is 5.26 Å². The van der Waals surface area contributed by atoms with E-state index < -0.39 is 0 Å². The highest BCUT2D eigenvalue weighted by Gasteiger charge is 2.31. The summed E-state index contributed by atoms with van der Waals surface area (Å²) in [5.41, 5.74) is 2.69. The lowest BCUT2D eigenvalue weighted by Crippen LogP contribution is -2.30. The Morgan fingerprint density at radius 3 is 2.19 bits per heavy atom. The van der Waals surface area contributed by atoms with E-state index in [1.54, 1.807) is 0 Å². The van der Waals surface area contributed by atoms with E-state index in [1.165, 1.54) is 11.1 Å². The number of nitriles is 1. The molecule has 0 aromatic heterocycles. The van der Waals surface area contributed by atoms with Gasteiger partial charge < -0.3 is 0 Å². The van der Waals surface area contributed by atoms with Crippen LogP contribution in [0.2, 0.25) is 0 Å². The van der Waals surface area contributed by atoms with Crippen molar-refractivity contribution in [2.75, 3.05) is 6.54 Å². The Labute approximate surface area is 126 Å². The Balaban J connectivity index is 1.72. The van der Waals surface area contributed by atoms with E-state index in [1.807, 2.05) is 6.07 Å². The van der Waals surface area contributed by atoms with Crippen LogP contribution >= 0.6 is 0 Å². The van der Waals surface area contributed by atoms with Gasteiger partial charge in [0.25, 0.3) is 0 Å². The third-order valence-electron chi connectivity index (χ3n) is 4.25. The molecule has 0 amide bonds. The molecule has 0 N–H and O–H groups in total. The molecule has 0 bridgehead atoms. The van der Waals surface area contributed by atoms with Crippen molar-refractivity contribution in [3.63, 3.8) is 0 Å². The minimum absolute atomic E-state index is 0.169. The molecule has 0 spiro atoms. The van der Waals surface area contributed by atoms with E-state index in [9.17, 15) is 5.26 Å². The van der Waals surface area contributed by atoms with Gasteiger partial charge in [0, 0.05) is 19.1 Å². The van der Waals surface area contributed by atoms with Gasteiger partial charge in [0.2, 0.25) is 0 Å². The van der Waals surface area contributed by atoms with Crippen LogP contribution in [0.15, 0.2) is 60.7 Å². The Bertz CT molecular complexity index is 551. The molecule has 2 aromatic carbocycles. The van der Waals surface area contributed by atoms with Crippen LogP contribution in [0.4, 0.5) is 0 Å². The molecule has 0 unspecified atom stereocenters. The maximum absolute atomic E-state index is 9.26.